The number of imidazole rings is 2. The number of anilines is 2. The molecule has 13 heteroatoms. The summed E-state index contributed by atoms with van der Waals surface area (Å²) in [5.41, 5.74) is -1.52. The van der Waals surface area contributed by atoms with Gasteiger partial charge in [-0.1, -0.05) is 5.92 Å². The quantitative estimate of drug-likeness (QED) is 0.228. The predicted molar refractivity (Wildman–Crippen MR) is 142 cm³/mol. The van der Waals surface area contributed by atoms with Crippen LogP contribution in [0.4, 0.5) is 24.5 Å². The van der Waals surface area contributed by atoms with Crippen LogP contribution in [0.25, 0.3) is 5.65 Å². The lowest BCUT2D eigenvalue weighted by molar-refractivity contribution is -0.0330. The van der Waals surface area contributed by atoms with Crippen LogP contribution in [-0.2, 0) is 6.54 Å². The third kappa shape index (κ3) is 5.61. The SMILES string of the molecule is CNC(=O)c1ccc(NCC#Cc2nc3c(N[C@@H]4CCn5cncc54)cccn3c2SC(F)(F)F)c(OC)c1. The number of benzene rings is 1. The Morgan fingerprint density at radius 3 is 2.90 bits per heavy atom. The number of halogens is 3. The van der Waals surface area contributed by atoms with Crippen LogP contribution in [-0.4, -0.2) is 51.1 Å². The van der Waals surface area contributed by atoms with E-state index >= 15 is 0 Å². The van der Waals surface area contributed by atoms with Crippen molar-refractivity contribution in [2.24, 2.45) is 0 Å². The van der Waals surface area contributed by atoms with E-state index in [0.717, 1.165) is 18.7 Å². The van der Waals surface area contributed by atoms with Crippen molar-refractivity contribution in [3.05, 3.63) is 66.0 Å². The standard InChI is InChI=1S/C26H24F3N7O2S/c1-30-24(37)16-7-8-18(22(13-16)38-2)32-10-3-5-20-25(39-26(27,28)29)36-11-4-6-19(23(36)34-20)33-17-9-12-35-15-31-14-21(17)35/h4,6-8,11,13-15,17,32-33H,9-10,12H2,1-2H3,(H,30,37)/t17-/m1/s1. The minimum atomic E-state index is -4.52. The molecule has 1 aliphatic rings. The van der Waals surface area contributed by atoms with Crippen molar-refractivity contribution >= 4 is 34.7 Å². The Bertz CT molecular complexity index is 1590. The minimum absolute atomic E-state index is 0.0202. The van der Waals surface area contributed by atoms with E-state index in [2.05, 4.69) is 37.8 Å². The molecule has 202 valence electrons. The molecule has 0 radical (unpaired) electrons. The Morgan fingerprint density at radius 2 is 2.13 bits per heavy atom. The molecule has 0 aliphatic carbocycles. The van der Waals surface area contributed by atoms with Crippen molar-refractivity contribution < 1.29 is 22.7 Å². The fourth-order valence-corrected chi connectivity index (χ4v) is 5.05. The first kappa shape index (κ1) is 26.3. The maximum atomic E-state index is 13.5. The number of carbonyl (C=O) groups is 1. The van der Waals surface area contributed by atoms with Crippen molar-refractivity contribution in [3.8, 4) is 17.6 Å². The van der Waals surface area contributed by atoms with Crippen LogP contribution >= 0.6 is 11.8 Å². The second kappa shape index (κ2) is 10.8. The zero-order valence-electron chi connectivity index (χ0n) is 21.0. The second-order valence-corrected chi connectivity index (χ2v) is 9.63. The summed E-state index contributed by atoms with van der Waals surface area (Å²) < 4.78 is 49.3. The molecule has 0 saturated carbocycles. The summed E-state index contributed by atoms with van der Waals surface area (Å²) in [6, 6.07) is 8.32. The van der Waals surface area contributed by atoms with Crippen molar-refractivity contribution in [2.75, 3.05) is 31.3 Å². The largest absolute Gasteiger partial charge is 0.495 e. The number of hydrogen-bond acceptors (Lipinski definition) is 7. The number of nitrogens with one attached hydrogen (secondary N) is 3. The normalized spacial score (nSPS) is 14.4. The molecule has 4 aromatic rings. The third-order valence-corrected chi connectivity index (χ3v) is 6.99. The fraction of sp³-hybridized carbons (Fsp3) is 0.269. The number of hydrogen-bond donors (Lipinski definition) is 3. The van der Waals surface area contributed by atoms with E-state index in [4.69, 9.17) is 4.74 Å². The van der Waals surface area contributed by atoms with Gasteiger partial charge in [-0.25, -0.2) is 9.97 Å². The molecule has 9 nitrogen and oxygen atoms in total. The Balaban J connectivity index is 1.41. The van der Waals surface area contributed by atoms with Gasteiger partial charge in [0.15, 0.2) is 5.65 Å². The number of fused-ring (bicyclic) bond motifs is 2. The van der Waals surface area contributed by atoms with Crippen LogP contribution in [0.15, 0.2) is 54.1 Å². The zero-order chi connectivity index (χ0) is 27.6. The number of aromatic nitrogens is 4. The first-order valence-corrected chi connectivity index (χ1v) is 12.8. The third-order valence-electron chi connectivity index (χ3n) is 6.17. The molecule has 1 atom stereocenters. The Labute approximate surface area is 226 Å². The molecule has 4 heterocycles. The summed E-state index contributed by atoms with van der Waals surface area (Å²) in [6.07, 6.45) is 5.92. The summed E-state index contributed by atoms with van der Waals surface area (Å²) in [6.45, 7) is 0.916. The molecular formula is C26H24F3N7O2S. The van der Waals surface area contributed by atoms with Gasteiger partial charge in [-0.05, 0) is 42.7 Å². The van der Waals surface area contributed by atoms with Crippen LogP contribution in [0.1, 0.15) is 34.2 Å². The van der Waals surface area contributed by atoms with Gasteiger partial charge in [-0.3, -0.25) is 9.20 Å². The van der Waals surface area contributed by atoms with Crippen molar-refractivity contribution in [1.82, 2.24) is 24.3 Å². The van der Waals surface area contributed by atoms with Crippen molar-refractivity contribution in [3.63, 3.8) is 0 Å². The van der Waals surface area contributed by atoms with Gasteiger partial charge in [-0.2, -0.15) is 13.2 Å². The highest BCUT2D eigenvalue weighted by atomic mass is 32.2. The van der Waals surface area contributed by atoms with Crippen molar-refractivity contribution in [2.45, 2.75) is 29.5 Å². The van der Waals surface area contributed by atoms with Gasteiger partial charge in [0.2, 0.25) is 0 Å². The number of pyridine rings is 1. The van der Waals surface area contributed by atoms with Gasteiger partial charge >= 0.3 is 5.51 Å². The average molecular weight is 556 g/mol. The van der Waals surface area contributed by atoms with Gasteiger partial charge < -0.3 is 25.3 Å². The molecule has 0 fully saturated rings. The first-order valence-electron chi connectivity index (χ1n) is 11.9. The van der Waals surface area contributed by atoms with Crippen LogP contribution in [0.2, 0.25) is 0 Å². The van der Waals surface area contributed by atoms with E-state index < -0.39 is 5.51 Å². The molecule has 1 aromatic carbocycles. The van der Waals surface area contributed by atoms with E-state index in [1.165, 1.54) is 18.6 Å². The molecule has 0 bridgehead atoms. The number of alkyl halides is 3. The first-order chi connectivity index (χ1) is 18.8. The molecule has 0 spiro atoms. The molecule has 3 N–H and O–H groups in total. The van der Waals surface area contributed by atoms with E-state index in [-0.39, 0.29) is 41.0 Å². The number of methoxy groups -OCH3 is 1. The highest BCUT2D eigenvalue weighted by molar-refractivity contribution is 8.00. The van der Waals surface area contributed by atoms with E-state index in [0.29, 0.717) is 28.3 Å². The Hall–Kier alpha value is -4.31. The lowest BCUT2D eigenvalue weighted by Crippen LogP contribution is -2.17. The monoisotopic (exact) mass is 555 g/mol. The predicted octanol–water partition coefficient (Wildman–Crippen LogP) is 4.53. The van der Waals surface area contributed by atoms with Crippen LogP contribution in [0.5, 0.6) is 5.75 Å². The van der Waals surface area contributed by atoms with Crippen LogP contribution < -0.4 is 20.7 Å². The lowest BCUT2D eigenvalue weighted by Gasteiger charge is -2.14. The number of amides is 1. The number of ether oxygens (including phenoxy) is 1. The number of aryl methyl sites for hydroxylation is 1. The molecule has 39 heavy (non-hydrogen) atoms. The summed E-state index contributed by atoms with van der Waals surface area (Å²) >= 11 is -0.250. The maximum absolute atomic E-state index is 13.5. The molecule has 5 rings (SSSR count). The highest BCUT2D eigenvalue weighted by Gasteiger charge is 2.33. The maximum Gasteiger partial charge on any atom is 0.447 e. The molecular weight excluding hydrogens is 531 g/mol. The topological polar surface area (TPSA) is 97.5 Å². The van der Waals surface area contributed by atoms with E-state index in [1.807, 2.05) is 4.57 Å². The summed E-state index contributed by atoms with van der Waals surface area (Å²) in [5, 5.41) is 8.91. The second-order valence-electron chi connectivity index (χ2n) is 8.58. The van der Waals surface area contributed by atoms with Gasteiger partial charge in [0.1, 0.15) is 16.5 Å². The molecule has 1 aliphatic heterocycles. The smallest absolute Gasteiger partial charge is 0.447 e. The molecule has 3 aromatic heterocycles. The number of thioether (sulfide) groups is 1. The number of rotatable bonds is 7. The molecule has 0 unspecified atom stereocenters. The highest BCUT2D eigenvalue weighted by Crippen LogP contribution is 2.40. The van der Waals surface area contributed by atoms with Gasteiger partial charge in [0.05, 0.1) is 49.3 Å². The summed E-state index contributed by atoms with van der Waals surface area (Å²) in [4.78, 5) is 20.5. The number of carbonyl (C=O) groups excluding carboxylic acids is 1. The number of nitrogens with zero attached hydrogens (tertiary/aromatic N) is 4. The Kier molecular flexibility index (Phi) is 7.30. The van der Waals surface area contributed by atoms with Crippen molar-refractivity contribution in [1.29, 1.82) is 0 Å². The lowest BCUT2D eigenvalue weighted by atomic mass is 10.1. The minimum Gasteiger partial charge on any atom is -0.495 e. The fourth-order valence-electron chi connectivity index (χ4n) is 4.40. The molecule has 1 amide bonds. The summed E-state index contributed by atoms with van der Waals surface area (Å²) in [5.74, 6) is 5.82. The van der Waals surface area contributed by atoms with Gasteiger partial charge in [-0.15, -0.1) is 0 Å². The van der Waals surface area contributed by atoms with Gasteiger partial charge in [0, 0.05) is 37.1 Å². The molecule has 0 saturated heterocycles. The van der Waals surface area contributed by atoms with Gasteiger partial charge in [0.25, 0.3) is 5.91 Å². The van der Waals surface area contributed by atoms with Crippen LogP contribution in [0, 0.1) is 11.8 Å². The van der Waals surface area contributed by atoms with E-state index in [9.17, 15) is 18.0 Å². The summed E-state index contributed by atoms with van der Waals surface area (Å²) in [7, 11) is 3.01. The zero-order valence-corrected chi connectivity index (χ0v) is 21.8. The van der Waals surface area contributed by atoms with Crippen LogP contribution in [0.3, 0.4) is 0 Å². The Morgan fingerprint density at radius 1 is 1.28 bits per heavy atom. The average Bonchev–Trinajstić information content (AvgIpc) is 3.62. The van der Waals surface area contributed by atoms with E-state index in [1.54, 1.807) is 49.1 Å².